The summed E-state index contributed by atoms with van der Waals surface area (Å²) >= 11 is 9.46. The van der Waals surface area contributed by atoms with Gasteiger partial charge < -0.3 is 10.2 Å². The van der Waals surface area contributed by atoms with Crippen LogP contribution in [0.1, 0.15) is 32.8 Å². The van der Waals surface area contributed by atoms with E-state index < -0.39 is 28.5 Å². The Balaban J connectivity index is 2.40. The van der Waals surface area contributed by atoms with Crippen molar-refractivity contribution in [3.05, 3.63) is 63.6 Å². The van der Waals surface area contributed by atoms with Crippen LogP contribution in [0.25, 0.3) is 0 Å². The van der Waals surface area contributed by atoms with E-state index in [-0.39, 0.29) is 18.5 Å². The molecule has 0 heterocycles. The summed E-state index contributed by atoms with van der Waals surface area (Å²) in [7, 11) is -3.78. The van der Waals surface area contributed by atoms with Gasteiger partial charge in [-0.05, 0) is 66.0 Å². The Hall–Kier alpha value is -2.10. The van der Waals surface area contributed by atoms with Crippen molar-refractivity contribution in [2.45, 2.75) is 45.8 Å². The van der Waals surface area contributed by atoms with Crippen LogP contribution in [-0.2, 0) is 26.2 Å². The standard InChI is InChI=1S/C23H29BrClN3O4S/c1-5-16(2)26-23(30)17(3)27(14-18-9-8-10-19(25)13-18)22(29)15-28(33(4,31)32)21-12-7-6-11-20(21)24/h6-13,16-17H,5,14-15H2,1-4H3,(H,26,30)/t16-,17+/m0/s1. The first kappa shape index (κ1) is 27.1. The van der Waals surface area contributed by atoms with Gasteiger partial charge in [0.25, 0.3) is 0 Å². The van der Waals surface area contributed by atoms with Crippen molar-refractivity contribution in [3.8, 4) is 0 Å². The zero-order valence-electron chi connectivity index (χ0n) is 19.1. The van der Waals surface area contributed by atoms with E-state index in [1.54, 1.807) is 55.5 Å². The van der Waals surface area contributed by atoms with Crippen LogP contribution in [0.2, 0.25) is 5.02 Å². The second-order valence-electron chi connectivity index (χ2n) is 7.87. The third-order valence-electron chi connectivity index (χ3n) is 5.21. The molecule has 2 aromatic rings. The molecule has 2 atom stereocenters. The van der Waals surface area contributed by atoms with Crippen molar-refractivity contribution in [1.82, 2.24) is 10.2 Å². The summed E-state index contributed by atoms with van der Waals surface area (Å²) in [5.74, 6) is -0.825. The lowest BCUT2D eigenvalue weighted by Gasteiger charge is -2.32. The number of nitrogens with one attached hydrogen (secondary N) is 1. The van der Waals surface area contributed by atoms with E-state index >= 15 is 0 Å². The zero-order valence-corrected chi connectivity index (χ0v) is 22.2. The molecule has 10 heteroatoms. The van der Waals surface area contributed by atoms with Crippen molar-refractivity contribution >= 4 is 55.1 Å². The molecule has 2 rings (SSSR count). The summed E-state index contributed by atoms with van der Waals surface area (Å²) in [5.41, 5.74) is 1.07. The van der Waals surface area contributed by atoms with E-state index in [0.717, 1.165) is 22.5 Å². The number of hydrogen-bond acceptors (Lipinski definition) is 4. The summed E-state index contributed by atoms with van der Waals surface area (Å²) in [4.78, 5) is 27.7. The van der Waals surface area contributed by atoms with Gasteiger partial charge in [0.2, 0.25) is 21.8 Å². The molecule has 7 nitrogen and oxygen atoms in total. The minimum atomic E-state index is -3.78. The van der Waals surface area contributed by atoms with E-state index in [2.05, 4.69) is 21.2 Å². The van der Waals surface area contributed by atoms with Gasteiger partial charge in [-0.2, -0.15) is 0 Å². The second kappa shape index (κ2) is 11.9. The Morgan fingerprint density at radius 3 is 2.36 bits per heavy atom. The summed E-state index contributed by atoms with van der Waals surface area (Å²) in [6, 6.07) is 12.8. The fourth-order valence-corrected chi connectivity index (χ4v) is 4.82. The topological polar surface area (TPSA) is 86.8 Å². The third-order valence-corrected chi connectivity index (χ3v) is 7.24. The van der Waals surface area contributed by atoms with Crippen molar-refractivity contribution in [1.29, 1.82) is 0 Å². The highest BCUT2D eigenvalue weighted by Gasteiger charge is 2.31. The molecule has 180 valence electrons. The molecule has 0 saturated heterocycles. The highest BCUT2D eigenvalue weighted by atomic mass is 79.9. The van der Waals surface area contributed by atoms with Gasteiger partial charge in [0.05, 0.1) is 11.9 Å². The van der Waals surface area contributed by atoms with Gasteiger partial charge in [-0.15, -0.1) is 0 Å². The van der Waals surface area contributed by atoms with Gasteiger partial charge in [0, 0.05) is 22.1 Å². The average Bonchev–Trinajstić information content (AvgIpc) is 2.75. The number of nitrogens with zero attached hydrogens (tertiary/aromatic N) is 2. The number of halogens is 2. The molecular weight excluding hydrogens is 530 g/mol. The first-order chi connectivity index (χ1) is 15.4. The Morgan fingerprint density at radius 1 is 1.12 bits per heavy atom. The van der Waals surface area contributed by atoms with Crippen LogP contribution in [-0.4, -0.2) is 50.0 Å². The molecule has 0 unspecified atom stereocenters. The third kappa shape index (κ3) is 7.72. The summed E-state index contributed by atoms with van der Waals surface area (Å²) in [6.07, 6.45) is 1.78. The lowest BCUT2D eigenvalue weighted by Crippen LogP contribution is -2.52. The number of rotatable bonds is 10. The van der Waals surface area contributed by atoms with Crippen molar-refractivity contribution in [3.63, 3.8) is 0 Å². The first-order valence-electron chi connectivity index (χ1n) is 10.5. The Morgan fingerprint density at radius 2 is 1.79 bits per heavy atom. The fraction of sp³-hybridized carbons (Fsp3) is 0.391. The number of amides is 2. The van der Waals surface area contributed by atoms with Gasteiger partial charge in [-0.1, -0.05) is 42.8 Å². The molecule has 0 saturated carbocycles. The van der Waals surface area contributed by atoms with E-state index in [9.17, 15) is 18.0 Å². The van der Waals surface area contributed by atoms with Crippen LogP contribution in [0.4, 0.5) is 5.69 Å². The molecule has 0 aromatic heterocycles. The fourth-order valence-electron chi connectivity index (χ4n) is 3.13. The molecule has 0 aliphatic rings. The molecule has 1 N–H and O–H groups in total. The molecule has 33 heavy (non-hydrogen) atoms. The summed E-state index contributed by atoms with van der Waals surface area (Å²) < 4.78 is 26.7. The second-order valence-corrected chi connectivity index (χ2v) is 11.1. The first-order valence-corrected chi connectivity index (χ1v) is 13.5. The molecule has 0 aliphatic carbocycles. The van der Waals surface area contributed by atoms with Crippen LogP contribution in [0.15, 0.2) is 53.0 Å². The van der Waals surface area contributed by atoms with Gasteiger partial charge in [-0.3, -0.25) is 13.9 Å². The van der Waals surface area contributed by atoms with Crippen LogP contribution in [0.3, 0.4) is 0 Å². The molecule has 2 amide bonds. The number of hydrogen-bond donors (Lipinski definition) is 1. The summed E-state index contributed by atoms with van der Waals surface area (Å²) in [5, 5.41) is 3.39. The van der Waals surface area contributed by atoms with Gasteiger partial charge in [0.15, 0.2) is 0 Å². The SMILES string of the molecule is CC[C@H](C)NC(=O)[C@@H](C)N(Cc1cccc(Cl)c1)C(=O)CN(c1ccccc1Br)S(C)(=O)=O. The van der Waals surface area contributed by atoms with Crippen molar-refractivity contribution in [2.75, 3.05) is 17.1 Å². The minimum Gasteiger partial charge on any atom is -0.352 e. The lowest BCUT2D eigenvalue weighted by molar-refractivity contribution is -0.139. The van der Waals surface area contributed by atoms with Crippen molar-refractivity contribution < 1.29 is 18.0 Å². The number of para-hydroxylation sites is 1. The predicted octanol–water partition coefficient (Wildman–Crippen LogP) is 4.20. The minimum absolute atomic E-state index is 0.0594. The summed E-state index contributed by atoms with van der Waals surface area (Å²) in [6.45, 7) is 5.10. The van der Waals surface area contributed by atoms with E-state index in [4.69, 9.17) is 11.6 Å². The van der Waals surface area contributed by atoms with Gasteiger partial charge >= 0.3 is 0 Å². The maximum atomic E-state index is 13.5. The predicted molar refractivity (Wildman–Crippen MR) is 136 cm³/mol. The molecule has 0 aliphatic heterocycles. The molecule has 0 bridgehead atoms. The highest BCUT2D eigenvalue weighted by molar-refractivity contribution is 9.10. The van der Waals surface area contributed by atoms with Crippen LogP contribution in [0.5, 0.6) is 0 Å². The monoisotopic (exact) mass is 557 g/mol. The number of anilines is 1. The van der Waals surface area contributed by atoms with Gasteiger partial charge in [0.1, 0.15) is 12.6 Å². The quantitative estimate of drug-likeness (QED) is 0.474. The van der Waals surface area contributed by atoms with E-state index in [1.807, 2.05) is 13.8 Å². The molecule has 0 spiro atoms. The highest BCUT2D eigenvalue weighted by Crippen LogP contribution is 2.28. The number of sulfonamides is 1. The average molecular weight is 559 g/mol. The Kier molecular flexibility index (Phi) is 9.75. The maximum Gasteiger partial charge on any atom is 0.244 e. The molecule has 0 fully saturated rings. The number of benzene rings is 2. The van der Waals surface area contributed by atoms with Crippen LogP contribution in [0, 0.1) is 0 Å². The largest absolute Gasteiger partial charge is 0.352 e. The van der Waals surface area contributed by atoms with Crippen LogP contribution < -0.4 is 9.62 Å². The smallest absolute Gasteiger partial charge is 0.244 e. The normalized spacial score (nSPS) is 13.2. The molecule has 2 aromatic carbocycles. The molecule has 0 radical (unpaired) electrons. The Labute approximate surface area is 209 Å². The van der Waals surface area contributed by atoms with Crippen molar-refractivity contribution in [2.24, 2.45) is 0 Å². The lowest BCUT2D eigenvalue weighted by atomic mass is 10.1. The maximum absolute atomic E-state index is 13.5. The van der Waals surface area contributed by atoms with E-state index in [0.29, 0.717) is 15.2 Å². The number of carbonyl (C=O) groups is 2. The number of carbonyl (C=O) groups excluding carboxylic acids is 2. The zero-order chi connectivity index (χ0) is 24.8. The van der Waals surface area contributed by atoms with Gasteiger partial charge in [-0.25, -0.2) is 8.42 Å². The Bertz CT molecular complexity index is 1100. The molecular formula is C23H29BrClN3O4S. The van der Waals surface area contributed by atoms with E-state index in [1.165, 1.54) is 4.90 Å². The van der Waals surface area contributed by atoms with Crippen LogP contribution >= 0.6 is 27.5 Å².